The highest BCUT2D eigenvalue weighted by Crippen LogP contribution is 2.44. The van der Waals surface area contributed by atoms with Gasteiger partial charge in [0.15, 0.2) is 0 Å². The molecule has 0 aliphatic carbocycles. The molecule has 17 rings (SSSR count). The van der Waals surface area contributed by atoms with Gasteiger partial charge >= 0.3 is 12.1 Å². The standard InChI is InChI=1S/C27H26ClN3O2.C21H21Cl2N3O2.C20H18BrClN2O2.C18H14ClN3/c1-2-29-27(32)31-15-14-22-23-16-20(28)10-13-24(23)30-25(22)26(31)19-8-11-21(12-9-19)33-17-18-6-4-3-5-7-18;1-28-15-5-2-13(3-6-15)20-19-16(8-11-26(20)21(27)24-10-9-22)17-12-14(23)4-7-18(17)25-19;1-26-11-18(25)24-8-7-15-16-10-13(21)5-6-17(16)23-19(15)20(24)12-3-2-4-14(22)9-12;19-13-5-6-16-15(9-13)14-7-8-21-17(18(14)22-16)12-3-1-11(10-20)2-4-12/h3-13,16,26,30H,2,14-15,17H2,1H3,(H,29,32);2-7,12,20,25H,8-11H2,1H3,(H,24,27);2-6,9-10,20,23H,7-8,11H2,1H3;1-6,9,17,21-22H,7-8H2. The van der Waals surface area contributed by atoms with Crippen molar-refractivity contribution in [3.05, 3.63) is 303 Å². The van der Waals surface area contributed by atoms with Gasteiger partial charge in [-0.2, -0.15) is 5.26 Å². The zero-order chi connectivity index (χ0) is 75.8. The summed E-state index contributed by atoms with van der Waals surface area (Å²) >= 11 is 34.2. The van der Waals surface area contributed by atoms with Crippen LogP contribution in [-0.2, 0) is 41.8 Å². The number of methoxy groups -OCH3 is 2. The summed E-state index contributed by atoms with van der Waals surface area (Å²) in [7, 11) is 3.18. The number of benzene rings is 9. The second kappa shape index (κ2) is 34.3. The molecule has 4 unspecified atom stereocenters. The Kier molecular flexibility index (Phi) is 23.9. The third-order valence-electron chi connectivity index (χ3n) is 20.4. The number of nitriles is 1. The van der Waals surface area contributed by atoms with Gasteiger partial charge in [0.25, 0.3) is 0 Å². The summed E-state index contributed by atoms with van der Waals surface area (Å²) in [6.07, 6.45) is 3.33. The van der Waals surface area contributed by atoms with E-state index in [-0.39, 0.29) is 48.7 Å². The minimum atomic E-state index is -0.226. The summed E-state index contributed by atoms with van der Waals surface area (Å²) in [6.45, 7) is 6.35. The van der Waals surface area contributed by atoms with Crippen LogP contribution in [0.5, 0.6) is 11.5 Å². The van der Waals surface area contributed by atoms with Crippen molar-refractivity contribution in [1.29, 1.82) is 5.26 Å². The van der Waals surface area contributed by atoms with E-state index in [9.17, 15) is 14.4 Å². The van der Waals surface area contributed by atoms with E-state index in [2.05, 4.69) is 70.0 Å². The molecule has 0 radical (unpaired) electrons. The van der Waals surface area contributed by atoms with E-state index in [0.717, 1.165) is 131 Å². The van der Waals surface area contributed by atoms with Crippen molar-refractivity contribution in [2.75, 3.05) is 66.0 Å². The third kappa shape index (κ3) is 16.5. The molecule has 4 atom stereocenters. The number of aromatic amines is 4. The fourth-order valence-corrected chi connectivity index (χ4v) is 16.6. The number of urea groups is 2. The van der Waals surface area contributed by atoms with E-state index in [0.29, 0.717) is 65.8 Å². The van der Waals surface area contributed by atoms with Gasteiger partial charge in [-0.25, -0.2) is 9.59 Å². The summed E-state index contributed by atoms with van der Waals surface area (Å²) < 4.78 is 17.4. The average Bonchev–Trinajstić information content (AvgIpc) is 1.65. The molecule has 0 saturated heterocycles. The molecule has 556 valence electrons. The van der Waals surface area contributed by atoms with E-state index in [1.54, 1.807) is 14.2 Å². The number of aromatic nitrogens is 4. The van der Waals surface area contributed by atoms with E-state index >= 15 is 0 Å². The Balaban J connectivity index is 0.000000123. The number of amides is 5. The number of hydrogen-bond donors (Lipinski definition) is 7. The van der Waals surface area contributed by atoms with Crippen LogP contribution < -0.4 is 25.4 Å². The maximum absolute atomic E-state index is 12.9. The zero-order valence-corrected chi connectivity index (χ0v) is 65.4. The first-order valence-corrected chi connectivity index (χ1v) is 39.0. The summed E-state index contributed by atoms with van der Waals surface area (Å²) in [5, 5.41) is 25.8. The lowest BCUT2D eigenvalue weighted by Gasteiger charge is -2.36. The zero-order valence-electron chi connectivity index (χ0n) is 60.1. The van der Waals surface area contributed by atoms with Gasteiger partial charge in [-0.3, -0.25) is 4.79 Å². The van der Waals surface area contributed by atoms with Gasteiger partial charge in [0.1, 0.15) is 24.7 Å². The molecule has 0 spiro atoms. The Bertz CT molecular complexity index is 5490. The topological polar surface area (TPSA) is 212 Å². The maximum atomic E-state index is 12.9. The predicted molar refractivity (Wildman–Crippen MR) is 439 cm³/mol. The van der Waals surface area contributed by atoms with Crippen molar-refractivity contribution in [3.63, 3.8) is 0 Å². The SMILES string of the molecule is CCNC(=O)N1CCc2c([nH]c3ccc(Cl)cc23)C1c1ccc(OCc2ccccc2)cc1.COCC(=O)N1CCc2c([nH]c3ccc(Br)cc23)C1c1cccc(Cl)c1.COc1ccc(C2c3[nH]c4ccc(Cl)cc4c3CCN2C(=O)NCCCl)cc1.N#Cc1ccc(C2NCCc3c2[nH]c2ccc(Cl)cc32)cc1. The van der Waals surface area contributed by atoms with Crippen molar-refractivity contribution in [1.82, 2.24) is 50.6 Å². The Morgan fingerprint density at radius 3 is 1.50 bits per heavy atom. The van der Waals surface area contributed by atoms with Crippen LogP contribution in [0.1, 0.15) is 110 Å². The lowest BCUT2D eigenvalue weighted by molar-refractivity contribution is -0.137. The molecule has 4 aliphatic heterocycles. The first-order valence-electron chi connectivity index (χ1n) is 36.1. The fraction of sp³-hybridized carbons (Fsp3) is 0.233. The van der Waals surface area contributed by atoms with Gasteiger partial charge in [-0.05, 0) is 204 Å². The van der Waals surface area contributed by atoms with E-state index < -0.39 is 0 Å². The van der Waals surface area contributed by atoms with Gasteiger partial charge in [0, 0.05) is 143 Å². The van der Waals surface area contributed by atoms with Crippen molar-refractivity contribution in [3.8, 4) is 17.6 Å². The summed E-state index contributed by atoms with van der Waals surface area (Å²) in [4.78, 5) is 58.3. The number of H-pyrrole nitrogens is 4. The first kappa shape index (κ1) is 75.9. The Morgan fingerprint density at radius 1 is 0.514 bits per heavy atom. The van der Waals surface area contributed by atoms with Crippen molar-refractivity contribution in [2.24, 2.45) is 0 Å². The number of carbonyl (C=O) groups is 3. The molecule has 23 heteroatoms. The second-order valence-corrected chi connectivity index (χ2v) is 30.0. The molecule has 0 bridgehead atoms. The predicted octanol–water partition coefficient (Wildman–Crippen LogP) is 19.4. The molecule has 5 amide bonds. The van der Waals surface area contributed by atoms with Crippen LogP contribution in [0.15, 0.2) is 205 Å². The maximum Gasteiger partial charge on any atom is 0.318 e. The number of alkyl halides is 1. The number of rotatable bonds is 13. The molecule has 0 saturated carbocycles. The smallest absolute Gasteiger partial charge is 0.318 e. The molecular formula is C86H79BrCl5N11O6. The number of carbonyl (C=O) groups excluding carboxylic acids is 3. The summed E-state index contributed by atoms with van der Waals surface area (Å²) in [5.41, 5.74) is 19.6. The van der Waals surface area contributed by atoms with Gasteiger partial charge in [-0.15, -0.1) is 11.6 Å². The molecule has 7 N–H and O–H groups in total. The van der Waals surface area contributed by atoms with Crippen LogP contribution in [0.4, 0.5) is 9.59 Å². The number of fused-ring (bicyclic) bond motifs is 12. The summed E-state index contributed by atoms with van der Waals surface area (Å²) in [5.74, 6) is 1.93. The molecule has 9 aromatic carbocycles. The van der Waals surface area contributed by atoms with Crippen molar-refractivity contribution >= 4 is 136 Å². The van der Waals surface area contributed by atoms with Crippen LogP contribution in [0, 0.1) is 11.3 Å². The molecule has 0 fully saturated rings. The van der Waals surface area contributed by atoms with E-state index in [1.807, 2.05) is 210 Å². The van der Waals surface area contributed by atoms with Crippen LogP contribution in [-0.4, -0.2) is 119 Å². The van der Waals surface area contributed by atoms with Crippen molar-refractivity contribution in [2.45, 2.75) is 63.4 Å². The monoisotopic (exact) mass is 1620 g/mol. The largest absolute Gasteiger partial charge is 0.497 e. The molecule has 4 aromatic heterocycles. The number of nitrogens with zero attached hydrogens (tertiary/aromatic N) is 4. The Morgan fingerprint density at radius 2 is 0.991 bits per heavy atom. The first-order chi connectivity index (χ1) is 53.1. The fourth-order valence-electron chi connectivity index (χ4n) is 15.4. The molecule has 8 heterocycles. The van der Waals surface area contributed by atoms with Gasteiger partial charge < -0.3 is 64.8 Å². The second-order valence-electron chi connectivity index (χ2n) is 27.0. The highest BCUT2D eigenvalue weighted by molar-refractivity contribution is 9.10. The average molecular weight is 1620 g/mol. The lowest BCUT2D eigenvalue weighted by atomic mass is 9.92. The number of hydrogen-bond acceptors (Lipinski definition) is 8. The molecule has 13 aromatic rings. The molecule has 109 heavy (non-hydrogen) atoms. The molecular weight excluding hydrogens is 1540 g/mol. The van der Waals surface area contributed by atoms with E-state index in [1.165, 1.54) is 38.7 Å². The van der Waals surface area contributed by atoms with Gasteiger partial charge in [-0.1, -0.05) is 141 Å². The molecule has 17 nitrogen and oxygen atoms in total. The number of ether oxygens (including phenoxy) is 3. The van der Waals surface area contributed by atoms with Crippen LogP contribution in [0.3, 0.4) is 0 Å². The minimum absolute atomic E-state index is 0.0250. The van der Waals surface area contributed by atoms with Crippen molar-refractivity contribution < 1.29 is 28.6 Å². The quantitative estimate of drug-likeness (QED) is 0.0551. The van der Waals surface area contributed by atoms with Crippen LogP contribution in [0.25, 0.3) is 43.6 Å². The van der Waals surface area contributed by atoms with Gasteiger partial charge in [0.2, 0.25) is 5.91 Å². The van der Waals surface area contributed by atoms with E-state index in [4.69, 9.17) is 77.5 Å². The highest BCUT2D eigenvalue weighted by Gasteiger charge is 2.38. The third-order valence-corrected chi connectivity index (χ3v) is 22.0. The van der Waals surface area contributed by atoms with Crippen LogP contribution >= 0.6 is 73.9 Å². The summed E-state index contributed by atoms with van der Waals surface area (Å²) in [6, 6.07) is 66.8. The number of halogens is 6. The van der Waals surface area contributed by atoms with Gasteiger partial charge in [0.05, 0.1) is 42.9 Å². The van der Waals surface area contributed by atoms with Crippen LogP contribution in [0.2, 0.25) is 20.1 Å². The Hall–Kier alpha value is -9.91. The molecule has 4 aliphatic rings. The normalized spacial score (nSPS) is 16.2. The lowest BCUT2D eigenvalue weighted by Crippen LogP contribution is -2.46. The highest BCUT2D eigenvalue weighted by atomic mass is 79.9. The Labute approximate surface area is 665 Å². The number of nitrogens with one attached hydrogen (secondary N) is 7. The minimum Gasteiger partial charge on any atom is -0.497 e.